The predicted molar refractivity (Wildman–Crippen MR) is 67.5 cm³/mol. The van der Waals surface area contributed by atoms with E-state index < -0.39 is 17.6 Å². The molecule has 3 nitrogen and oxygen atoms in total. The molecular weight excluding hydrogens is 322 g/mol. The molecule has 1 N–H and O–H groups in total. The Kier molecular flexibility index (Phi) is 3.80. The van der Waals surface area contributed by atoms with E-state index in [2.05, 4.69) is 15.9 Å². The normalized spacial score (nSPS) is 10.3. The third-order valence-electron chi connectivity index (χ3n) is 2.29. The molecular formula is C13H7BrF2O3. The molecule has 98 valence electrons. The van der Waals surface area contributed by atoms with Crippen LogP contribution in [0.25, 0.3) is 0 Å². The second kappa shape index (κ2) is 5.36. The van der Waals surface area contributed by atoms with E-state index in [1.165, 1.54) is 30.3 Å². The number of benzene rings is 2. The van der Waals surface area contributed by atoms with Crippen LogP contribution in [0.3, 0.4) is 0 Å². The van der Waals surface area contributed by atoms with Gasteiger partial charge >= 0.3 is 5.97 Å². The predicted octanol–water partition coefficient (Wildman–Crippen LogP) is 4.22. The fourth-order valence-corrected chi connectivity index (χ4v) is 1.82. The summed E-state index contributed by atoms with van der Waals surface area (Å²) in [7, 11) is 0. The van der Waals surface area contributed by atoms with Crippen LogP contribution in [0.1, 0.15) is 10.4 Å². The Morgan fingerprint density at radius 3 is 2.37 bits per heavy atom. The Hall–Kier alpha value is -1.95. The molecule has 2 aromatic rings. The van der Waals surface area contributed by atoms with Crippen molar-refractivity contribution in [1.82, 2.24) is 0 Å². The number of aromatic carboxylic acids is 1. The van der Waals surface area contributed by atoms with Crippen LogP contribution in [0.15, 0.2) is 40.9 Å². The third-order valence-corrected chi connectivity index (χ3v) is 2.91. The molecule has 6 heteroatoms. The molecule has 0 atom stereocenters. The minimum absolute atomic E-state index is 0.141. The summed E-state index contributed by atoms with van der Waals surface area (Å²) in [6.45, 7) is 0. The van der Waals surface area contributed by atoms with Gasteiger partial charge in [-0.1, -0.05) is 0 Å². The summed E-state index contributed by atoms with van der Waals surface area (Å²) in [5.74, 6) is -2.41. The zero-order valence-electron chi connectivity index (χ0n) is 9.36. The zero-order chi connectivity index (χ0) is 14.0. The first-order valence-electron chi connectivity index (χ1n) is 5.13. The van der Waals surface area contributed by atoms with Gasteiger partial charge in [0.05, 0.1) is 10.0 Å². The van der Waals surface area contributed by atoms with Gasteiger partial charge < -0.3 is 9.84 Å². The molecule has 0 radical (unpaired) electrons. The molecule has 0 unspecified atom stereocenters. The van der Waals surface area contributed by atoms with Gasteiger partial charge in [-0.05, 0) is 52.3 Å². The molecule has 19 heavy (non-hydrogen) atoms. The Bertz CT molecular complexity index is 644. The van der Waals surface area contributed by atoms with Crippen molar-refractivity contribution in [3.05, 3.63) is 58.1 Å². The topological polar surface area (TPSA) is 46.5 Å². The maximum Gasteiger partial charge on any atom is 0.335 e. The maximum absolute atomic E-state index is 13.6. The lowest BCUT2D eigenvalue weighted by Crippen LogP contribution is -1.98. The number of ether oxygens (including phenoxy) is 1. The molecule has 0 bridgehead atoms. The number of hydrogen-bond acceptors (Lipinski definition) is 2. The number of carboxylic acid groups (broad SMARTS) is 1. The van der Waals surface area contributed by atoms with Gasteiger partial charge in [0.2, 0.25) is 0 Å². The van der Waals surface area contributed by atoms with Crippen molar-refractivity contribution >= 4 is 21.9 Å². The molecule has 0 aromatic heterocycles. The summed E-state index contributed by atoms with van der Waals surface area (Å²) in [6, 6.07) is 6.97. The van der Waals surface area contributed by atoms with E-state index in [4.69, 9.17) is 9.84 Å². The second-order valence-corrected chi connectivity index (χ2v) is 4.48. The first-order valence-corrected chi connectivity index (χ1v) is 5.92. The van der Waals surface area contributed by atoms with Gasteiger partial charge in [0.1, 0.15) is 11.6 Å². The highest BCUT2D eigenvalue weighted by molar-refractivity contribution is 9.10. The summed E-state index contributed by atoms with van der Waals surface area (Å²) in [5, 5.41) is 8.71. The minimum Gasteiger partial charge on any atom is -0.478 e. The lowest BCUT2D eigenvalue weighted by Gasteiger charge is -2.09. The van der Waals surface area contributed by atoms with Crippen LogP contribution in [-0.2, 0) is 0 Å². The monoisotopic (exact) mass is 328 g/mol. The number of carboxylic acids is 1. The van der Waals surface area contributed by atoms with Crippen LogP contribution >= 0.6 is 15.9 Å². The van der Waals surface area contributed by atoms with Crippen molar-refractivity contribution in [2.45, 2.75) is 0 Å². The van der Waals surface area contributed by atoms with Crippen LogP contribution in [0.4, 0.5) is 8.78 Å². The molecule has 2 aromatic carbocycles. The standard InChI is InChI=1S/C13H7BrF2O3/c14-9-6-8(15)2-4-11(9)19-12-3-1-7(13(17)18)5-10(12)16/h1-6H,(H,17,18). The van der Waals surface area contributed by atoms with Gasteiger partial charge in [-0.3, -0.25) is 0 Å². The average molecular weight is 329 g/mol. The van der Waals surface area contributed by atoms with Crippen molar-refractivity contribution in [2.75, 3.05) is 0 Å². The molecule has 0 aliphatic heterocycles. The van der Waals surface area contributed by atoms with Gasteiger partial charge in [0.25, 0.3) is 0 Å². The highest BCUT2D eigenvalue weighted by atomic mass is 79.9. The number of hydrogen-bond donors (Lipinski definition) is 1. The minimum atomic E-state index is -1.23. The molecule has 0 heterocycles. The van der Waals surface area contributed by atoms with E-state index in [0.29, 0.717) is 4.47 Å². The van der Waals surface area contributed by atoms with Gasteiger partial charge in [-0.25, -0.2) is 13.6 Å². The van der Waals surface area contributed by atoms with Crippen LogP contribution in [0.5, 0.6) is 11.5 Å². The summed E-state index contributed by atoms with van der Waals surface area (Å²) >= 11 is 3.09. The van der Waals surface area contributed by atoms with Gasteiger partial charge in [-0.15, -0.1) is 0 Å². The van der Waals surface area contributed by atoms with Crippen LogP contribution in [0.2, 0.25) is 0 Å². The van der Waals surface area contributed by atoms with Gasteiger partial charge in [0.15, 0.2) is 11.6 Å². The lowest BCUT2D eigenvalue weighted by molar-refractivity contribution is 0.0696. The average Bonchev–Trinajstić information content (AvgIpc) is 2.34. The summed E-state index contributed by atoms with van der Waals surface area (Å²) in [4.78, 5) is 10.7. The first kappa shape index (κ1) is 13.5. The first-order chi connectivity index (χ1) is 8.97. The van der Waals surface area contributed by atoms with E-state index >= 15 is 0 Å². The third kappa shape index (κ3) is 3.08. The van der Waals surface area contributed by atoms with E-state index in [-0.39, 0.29) is 17.1 Å². The molecule has 0 spiro atoms. The molecule has 2 rings (SSSR count). The van der Waals surface area contributed by atoms with E-state index in [1.54, 1.807) is 0 Å². The summed E-state index contributed by atoms with van der Waals surface area (Å²) in [5.41, 5.74) is -0.178. The largest absolute Gasteiger partial charge is 0.478 e. The number of rotatable bonds is 3. The van der Waals surface area contributed by atoms with Crippen LogP contribution < -0.4 is 4.74 Å². The molecule has 0 fully saturated rings. The van der Waals surface area contributed by atoms with Crippen molar-refractivity contribution in [3.63, 3.8) is 0 Å². The highest BCUT2D eigenvalue weighted by Gasteiger charge is 2.11. The highest BCUT2D eigenvalue weighted by Crippen LogP contribution is 2.31. The van der Waals surface area contributed by atoms with Crippen molar-refractivity contribution in [1.29, 1.82) is 0 Å². The van der Waals surface area contributed by atoms with Crippen molar-refractivity contribution in [2.24, 2.45) is 0 Å². The van der Waals surface area contributed by atoms with Crippen molar-refractivity contribution in [3.8, 4) is 11.5 Å². The Labute approximate surface area is 115 Å². The number of carbonyl (C=O) groups is 1. The van der Waals surface area contributed by atoms with Crippen LogP contribution in [0, 0.1) is 11.6 Å². The van der Waals surface area contributed by atoms with E-state index in [1.807, 2.05) is 0 Å². The fourth-order valence-electron chi connectivity index (χ4n) is 1.39. The molecule has 0 saturated heterocycles. The Morgan fingerprint density at radius 2 is 1.79 bits per heavy atom. The van der Waals surface area contributed by atoms with E-state index in [9.17, 15) is 13.6 Å². The summed E-state index contributed by atoms with van der Waals surface area (Å²) in [6.07, 6.45) is 0. The zero-order valence-corrected chi connectivity index (χ0v) is 10.9. The molecule has 0 amide bonds. The van der Waals surface area contributed by atoms with Gasteiger partial charge in [-0.2, -0.15) is 0 Å². The van der Waals surface area contributed by atoms with Crippen molar-refractivity contribution < 1.29 is 23.4 Å². The molecule has 0 aliphatic carbocycles. The fraction of sp³-hybridized carbons (Fsp3) is 0. The van der Waals surface area contributed by atoms with E-state index in [0.717, 1.165) is 6.07 Å². The Balaban J connectivity index is 2.31. The van der Waals surface area contributed by atoms with Gasteiger partial charge in [0, 0.05) is 0 Å². The smallest absolute Gasteiger partial charge is 0.335 e. The SMILES string of the molecule is O=C(O)c1ccc(Oc2ccc(F)cc2Br)c(F)c1. The summed E-state index contributed by atoms with van der Waals surface area (Å²) < 4.78 is 32.1. The Morgan fingerprint density at radius 1 is 1.11 bits per heavy atom. The molecule has 0 aliphatic rings. The molecule has 0 saturated carbocycles. The number of halogens is 3. The lowest BCUT2D eigenvalue weighted by atomic mass is 10.2. The van der Waals surface area contributed by atoms with Crippen LogP contribution in [-0.4, -0.2) is 11.1 Å². The maximum atomic E-state index is 13.6. The quantitative estimate of drug-likeness (QED) is 0.917. The second-order valence-electron chi connectivity index (χ2n) is 3.63.